The first-order chi connectivity index (χ1) is 12.2. The zero-order valence-corrected chi connectivity index (χ0v) is 14.0. The molecular weight excluding hydrogens is 316 g/mol. The van der Waals surface area contributed by atoms with Crippen LogP contribution in [0.15, 0.2) is 67.0 Å². The fraction of sp³-hybridized carbons (Fsp3) is 0.100. The van der Waals surface area contributed by atoms with Crippen molar-refractivity contribution in [2.45, 2.75) is 6.92 Å². The van der Waals surface area contributed by atoms with Crippen molar-refractivity contribution >= 4 is 12.0 Å². The minimum Gasteiger partial charge on any atom is -0.493 e. The van der Waals surface area contributed by atoms with Crippen LogP contribution >= 0.6 is 0 Å². The smallest absolute Gasteiger partial charge is 0.336 e. The largest absolute Gasteiger partial charge is 0.493 e. The predicted molar refractivity (Wildman–Crippen MR) is 96.0 cm³/mol. The zero-order valence-electron chi connectivity index (χ0n) is 14.0. The van der Waals surface area contributed by atoms with E-state index in [-0.39, 0.29) is 0 Å². The summed E-state index contributed by atoms with van der Waals surface area (Å²) in [5, 5.41) is 4.28. The molecule has 0 fully saturated rings. The van der Waals surface area contributed by atoms with Crippen LogP contribution in [0.3, 0.4) is 0 Å². The van der Waals surface area contributed by atoms with E-state index in [2.05, 4.69) is 5.10 Å². The Balaban J connectivity index is 1.68. The highest BCUT2D eigenvalue weighted by Gasteiger charge is 2.08. The summed E-state index contributed by atoms with van der Waals surface area (Å²) >= 11 is 0. The Morgan fingerprint density at radius 2 is 1.92 bits per heavy atom. The fourth-order valence-corrected chi connectivity index (χ4v) is 2.31. The highest BCUT2D eigenvalue weighted by atomic mass is 16.6. The molecule has 0 amide bonds. The summed E-state index contributed by atoms with van der Waals surface area (Å²) in [4.78, 5) is 12.0. The van der Waals surface area contributed by atoms with Crippen LogP contribution in [0.4, 0.5) is 0 Å². The van der Waals surface area contributed by atoms with E-state index in [0.29, 0.717) is 11.5 Å². The third kappa shape index (κ3) is 4.14. The monoisotopic (exact) mass is 334 g/mol. The van der Waals surface area contributed by atoms with Crippen LogP contribution in [0.5, 0.6) is 11.5 Å². The number of hydrogen-bond acceptors (Lipinski definition) is 4. The SMILES string of the molecule is COc1cc(C)ccc1OC(=O)/C=C/c1cnn(-c2ccccc2)c1. The molecule has 2 aromatic carbocycles. The third-order valence-electron chi connectivity index (χ3n) is 3.56. The van der Waals surface area contributed by atoms with Gasteiger partial charge in [0.15, 0.2) is 11.5 Å². The standard InChI is InChI=1S/C20H18N2O3/c1-15-8-10-18(19(12-15)24-2)25-20(23)11-9-16-13-21-22(14-16)17-6-4-3-5-7-17/h3-14H,1-2H3/b11-9+. The lowest BCUT2D eigenvalue weighted by Gasteiger charge is -2.08. The Hall–Kier alpha value is -3.34. The lowest BCUT2D eigenvalue weighted by atomic mass is 10.2. The van der Waals surface area contributed by atoms with E-state index in [1.54, 1.807) is 30.1 Å². The first kappa shape index (κ1) is 16.5. The van der Waals surface area contributed by atoms with Crippen molar-refractivity contribution in [3.05, 3.63) is 78.1 Å². The Bertz CT molecular complexity index is 898. The number of nitrogens with zero attached hydrogens (tertiary/aromatic N) is 2. The molecule has 1 heterocycles. The number of para-hydroxylation sites is 1. The molecule has 0 bridgehead atoms. The van der Waals surface area contributed by atoms with E-state index in [1.165, 1.54) is 6.08 Å². The molecule has 0 spiro atoms. The van der Waals surface area contributed by atoms with Crippen LogP contribution in [0.2, 0.25) is 0 Å². The molecule has 126 valence electrons. The number of benzene rings is 2. The normalized spacial score (nSPS) is 10.8. The van der Waals surface area contributed by atoms with Gasteiger partial charge in [-0.05, 0) is 42.8 Å². The number of hydrogen-bond donors (Lipinski definition) is 0. The fourth-order valence-electron chi connectivity index (χ4n) is 2.31. The predicted octanol–water partition coefficient (Wildman–Crippen LogP) is 3.81. The number of ether oxygens (including phenoxy) is 2. The van der Waals surface area contributed by atoms with Gasteiger partial charge in [0.05, 0.1) is 19.0 Å². The molecule has 0 unspecified atom stereocenters. The summed E-state index contributed by atoms with van der Waals surface area (Å²) in [5.41, 5.74) is 2.78. The van der Waals surface area contributed by atoms with Crippen molar-refractivity contribution in [3.8, 4) is 17.2 Å². The summed E-state index contributed by atoms with van der Waals surface area (Å²) in [5.74, 6) is 0.441. The van der Waals surface area contributed by atoms with Gasteiger partial charge in [0.1, 0.15) is 0 Å². The highest BCUT2D eigenvalue weighted by molar-refractivity contribution is 5.89. The Morgan fingerprint density at radius 3 is 2.68 bits per heavy atom. The van der Waals surface area contributed by atoms with Gasteiger partial charge < -0.3 is 9.47 Å². The number of methoxy groups -OCH3 is 1. The van der Waals surface area contributed by atoms with Crippen LogP contribution in [0.25, 0.3) is 11.8 Å². The van der Waals surface area contributed by atoms with Crippen LogP contribution in [-0.2, 0) is 4.79 Å². The average molecular weight is 334 g/mol. The van der Waals surface area contributed by atoms with Crippen molar-refractivity contribution in [2.24, 2.45) is 0 Å². The molecule has 0 aliphatic rings. The Morgan fingerprint density at radius 1 is 1.12 bits per heavy atom. The third-order valence-corrected chi connectivity index (χ3v) is 3.56. The molecule has 3 aromatic rings. The van der Waals surface area contributed by atoms with Crippen LogP contribution in [0, 0.1) is 6.92 Å². The molecule has 0 saturated heterocycles. The average Bonchev–Trinajstić information content (AvgIpc) is 3.11. The van der Waals surface area contributed by atoms with Gasteiger partial charge in [0, 0.05) is 17.8 Å². The molecule has 0 radical (unpaired) electrons. The maximum atomic E-state index is 12.0. The number of aryl methyl sites for hydroxylation is 1. The molecule has 3 rings (SSSR count). The van der Waals surface area contributed by atoms with Crippen molar-refractivity contribution in [3.63, 3.8) is 0 Å². The second-order valence-electron chi connectivity index (χ2n) is 5.46. The zero-order chi connectivity index (χ0) is 17.6. The molecule has 5 nitrogen and oxygen atoms in total. The molecular formula is C20H18N2O3. The minimum absolute atomic E-state index is 0.391. The topological polar surface area (TPSA) is 53.4 Å². The molecule has 0 N–H and O–H groups in total. The van der Waals surface area contributed by atoms with E-state index >= 15 is 0 Å². The summed E-state index contributed by atoms with van der Waals surface area (Å²) in [6.07, 6.45) is 6.55. The summed E-state index contributed by atoms with van der Waals surface area (Å²) in [6.45, 7) is 1.94. The number of aromatic nitrogens is 2. The first-order valence-electron chi connectivity index (χ1n) is 7.80. The molecule has 5 heteroatoms. The van der Waals surface area contributed by atoms with Gasteiger partial charge in [-0.15, -0.1) is 0 Å². The Labute approximate surface area is 146 Å². The molecule has 1 aromatic heterocycles. The number of carbonyl (C=O) groups is 1. The van der Waals surface area contributed by atoms with Gasteiger partial charge in [-0.25, -0.2) is 9.48 Å². The lowest BCUT2D eigenvalue weighted by Crippen LogP contribution is -2.05. The van der Waals surface area contributed by atoms with Gasteiger partial charge in [0.2, 0.25) is 0 Å². The van der Waals surface area contributed by atoms with Gasteiger partial charge in [-0.1, -0.05) is 24.3 Å². The van der Waals surface area contributed by atoms with Crippen LogP contribution < -0.4 is 9.47 Å². The molecule has 0 aliphatic carbocycles. The number of rotatable bonds is 5. The minimum atomic E-state index is -0.477. The van der Waals surface area contributed by atoms with Gasteiger partial charge in [0.25, 0.3) is 0 Å². The lowest BCUT2D eigenvalue weighted by molar-refractivity contribution is -0.129. The number of esters is 1. The van der Waals surface area contributed by atoms with Gasteiger partial charge in [-0.3, -0.25) is 0 Å². The maximum Gasteiger partial charge on any atom is 0.336 e. The summed E-state index contributed by atoms with van der Waals surface area (Å²) in [6, 6.07) is 15.1. The quantitative estimate of drug-likeness (QED) is 0.404. The van der Waals surface area contributed by atoms with Crippen molar-refractivity contribution in [1.29, 1.82) is 0 Å². The van der Waals surface area contributed by atoms with Crippen molar-refractivity contribution < 1.29 is 14.3 Å². The molecule has 0 aliphatic heterocycles. The van der Waals surface area contributed by atoms with Gasteiger partial charge >= 0.3 is 5.97 Å². The molecule has 0 atom stereocenters. The van der Waals surface area contributed by atoms with E-state index in [0.717, 1.165) is 16.8 Å². The number of carbonyl (C=O) groups excluding carboxylic acids is 1. The highest BCUT2D eigenvalue weighted by Crippen LogP contribution is 2.27. The Kier molecular flexibility index (Phi) is 4.95. The van der Waals surface area contributed by atoms with Gasteiger partial charge in [-0.2, -0.15) is 5.10 Å². The maximum absolute atomic E-state index is 12.0. The van der Waals surface area contributed by atoms with Crippen LogP contribution in [0.1, 0.15) is 11.1 Å². The second-order valence-corrected chi connectivity index (χ2v) is 5.46. The van der Waals surface area contributed by atoms with Crippen molar-refractivity contribution in [2.75, 3.05) is 7.11 Å². The summed E-state index contributed by atoms with van der Waals surface area (Å²) < 4.78 is 12.3. The first-order valence-corrected chi connectivity index (χ1v) is 7.80. The second kappa shape index (κ2) is 7.49. The van der Waals surface area contributed by atoms with E-state index in [1.807, 2.05) is 55.6 Å². The molecule has 0 saturated carbocycles. The molecule has 25 heavy (non-hydrogen) atoms. The van der Waals surface area contributed by atoms with E-state index in [9.17, 15) is 4.79 Å². The van der Waals surface area contributed by atoms with E-state index < -0.39 is 5.97 Å². The van der Waals surface area contributed by atoms with Crippen molar-refractivity contribution in [1.82, 2.24) is 9.78 Å². The van der Waals surface area contributed by atoms with Crippen LogP contribution in [-0.4, -0.2) is 22.9 Å². The summed E-state index contributed by atoms with van der Waals surface area (Å²) in [7, 11) is 1.54. The van der Waals surface area contributed by atoms with E-state index in [4.69, 9.17) is 9.47 Å².